The van der Waals surface area contributed by atoms with Crippen LogP contribution >= 0.6 is 21.6 Å². The highest BCUT2D eigenvalue weighted by molar-refractivity contribution is 8.76. The number of carbonyl (C=O) groups excluding carboxylic acids is 2. The van der Waals surface area contributed by atoms with Crippen molar-refractivity contribution in [2.24, 2.45) is 0 Å². The summed E-state index contributed by atoms with van der Waals surface area (Å²) in [6.45, 7) is 2.22. The summed E-state index contributed by atoms with van der Waals surface area (Å²) in [5, 5.41) is 25.4. The third-order valence-electron chi connectivity index (χ3n) is 4.12. The largest absolute Gasteiger partial charge is 0.279 e. The van der Waals surface area contributed by atoms with E-state index in [1.54, 1.807) is 6.20 Å². The van der Waals surface area contributed by atoms with Gasteiger partial charge in [-0.1, -0.05) is 62.3 Å². The molecule has 1 fully saturated rings. The Balaban J connectivity index is 0.000000467. The fraction of sp³-hybridized carbons (Fsp3) is 0.632. The van der Waals surface area contributed by atoms with Crippen LogP contribution in [-0.4, -0.2) is 37.8 Å². The number of nitrogens with zero attached hydrogens (tertiary/aromatic N) is 2. The standard InChI is InChI=1S/C15H25NO4S2.C4H5NO3/c1-2-3-4-5-6-7-8-12-15(18-20-19-17)22-21-14-11-9-10-13-16-14;6-3-1-2-4(7)5(3)8/h9-11,13,15,17H,2-8,12H2,1H3;8H,1-2H2. The van der Waals surface area contributed by atoms with Crippen molar-refractivity contribution < 1.29 is 35.0 Å². The van der Waals surface area contributed by atoms with Gasteiger partial charge < -0.3 is 0 Å². The Morgan fingerprint density at radius 2 is 1.77 bits per heavy atom. The Kier molecular flexibility index (Phi) is 15.6. The van der Waals surface area contributed by atoms with Crippen LogP contribution in [0.25, 0.3) is 0 Å². The van der Waals surface area contributed by atoms with E-state index in [1.807, 2.05) is 18.2 Å². The number of hydrogen-bond donors (Lipinski definition) is 2. The first-order chi connectivity index (χ1) is 14.6. The van der Waals surface area contributed by atoms with Crippen molar-refractivity contribution in [2.75, 3.05) is 0 Å². The highest BCUT2D eigenvalue weighted by atomic mass is 33.1. The number of carbonyl (C=O) groups is 2. The summed E-state index contributed by atoms with van der Waals surface area (Å²) in [5.74, 6) is -1.01. The average molecular weight is 463 g/mol. The van der Waals surface area contributed by atoms with E-state index in [4.69, 9.17) is 15.4 Å². The van der Waals surface area contributed by atoms with E-state index in [9.17, 15) is 9.59 Å². The number of pyridine rings is 1. The summed E-state index contributed by atoms with van der Waals surface area (Å²) in [4.78, 5) is 29.7. The molecule has 2 heterocycles. The molecule has 1 atom stereocenters. The van der Waals surface area contributed by atoms with E-state index < -0.39 is 11.8 Å². The maximum absolute atomic E-state index is 10.2. The molecule has 0 bridgehead atoms. The average Bonchev–Trinajstić information content (AvgIpc) is 3.06. The lowest BCUT2D eigenvalue weighted by Crippen LogP contribution is -2.24. The van der Waals surface area contributed by atoms with Gasteiger partial charge in [-0.2, -0.15) is 9.95 Å². The van der Waals surface area contributed by atoms with Crippen LogP contribution in [0, 0.1) is 0 Å². The second-order valence-electron chi connectivity index (χ2n) is 6.53. The van der Waals surface area contributed by atoms with Gasteiger partial charge in [0.25, 0.3) is 11.8 Å². The fourth-order valence-corrected chi connectivity index (χ4v) is 4.58. The van der Waals surface area contributed by atoms with Gasteiger partial charge in [0.15, 0.2) is 5.44 Å². The molecule has 1 aliphatic rings. The lowest BCUT2D eigenvalue weighted by molar-refractivity contribution is -0.626. The molecule has 30 heavy (non-hydrogen) atoms. The minimum absolute atomic E-state index is 0.148. The summed E-state index contributed by atoms with van der Waals surface area (Å²) in [7, 11) is 3.02. The molecule has 1 unspecified atom stereocenters. The van der Waals surface area contributed by atoms with Crippen LogP contribution < -0.4 is 0 Å². The molecule has 11 heteroatoms. The number of unbranched alkanes of at least 4 members (excludes halogenated alkanes) is 6. The van der Waals surface area contributed by atoms with Crippen LogP contribution in [0.3, 0.4) is 0 Å². The van der Waals surface area contributed by atoms with E-state index in [-0.39, 0.29) is 23.3 Å². The zero-order valence-electron chi connectivity index (χ0n) is 17.1. The number of rotatable bonds is 14. The van der Waals surface area contributed by atoms with E-state index in [0.717, 1.165) is 17.9 Å². The quantitative estimate of drug-likeness (QED) is 0.0729. The zero-order chi connectivity index (χ0) is 22.0. The molecular weight excluding hydrogens is 432 g/mol. The first kappa shape index (κ1) is 26.8. The Morgan fingerprint density at radius 1 is 1.10 bits per heavy atom. The Bertz CT molecular complexity index is 580. The van der Waals surface area contributed by atoms with E-state index in [1.165, 1.54) is 60.1 Å². The predicted molar refractivity (Wildman–Crippen MR) is 113 cm³/mol. The zero-order valence-corrected chi connectivity index (χ0v) is 18.7. The van der Waals surface area contributed by atoms with Crippen LogP contribution in [0.2, 0.25) is 0 Å². The van der Waals surface area contributed by atoms with Gasteiger partial charge >= 0.3 is 0 Å². The Labute approximate surface area is 184 Å². The molecule has 1 aromatic rings. The molecule has 2 amide bonds. The lowest BCUT2D eigenvalue weighted by Gasteiger charge is -2.13. The number of hydrogen-bond acceptors (Lipinski definition) is 10. The summed E-state index contributed by atoms with van der Waals surface area (Å²) in [5.41, 5.74) is -0.213. The smallest absolute Gasteiger partial charge is 0.253 e. The topological polar surface area (TPSA) is 118 Å². The SMILES string of the molecule is CCCCCCCCCC(OOOO)SSc1ccccn1.O=C1CCC(=O)N1O. The van der Waals surface area contributed by atoms with E-state index >= 15 is 0 Å². The first-order valence-corrected chi connectivity index (χ1v) is 12.2. The Hall–Kier alpha value is -1.21. The van der Waals surface area contributed by atoms with E-state index in [2.05, 4.69) is 22.0 Å². The summed E-state index contributed by atoms with van der Waals surface area (Å²) in [6, 6.07) is 5.76. The highest BCUT2D eigenvalue weighted by Gasteiger charge is 2.26. The van der Waals surface area contributed by atoms with Crippen molar-refractivity contribution in [1.82, 2.24) is 10.0 Å². The van der Waals surface area contributed by atoms with E-state index in [0.29, 0.717) is 0 Å². The number of aromatic nitrogens is 1. The Morgan fingerprint density at radius 3 is 2.30 bits per heavy atom. The summed E-state index contributed by atoms with van der Waals surface area (Å²) < 4.78 is 0. The molecule has 1 aromatic heterocycles. The van der Waals surface area contributed by atoms with Gasteiger partial charge in [0.05, 0.1) is 0 Å². The first-order valence-electron chi connectivity index (χ1n) is 10.0. The second kappa shape index (κ2) is 17.5. The van der Waals surface area contributed by atoms with Crippen molar-refractivity contribution in [3.63, 3.8) is 0 Å². The maximum atomic E-state index is 10.2. The molecule has 1 aliphatic heterocycles. The normalized spacial score (nSPS) is 14.6. The van der Waals surface area contributed by atoms with Crippen LogP contribution in [0.1, 0.15) is 71.1 Å². The number of imide groups is 1. The molecule has 2 rings (SSSR count). The number of amides is 2. The van der Waals surface area contributed by atoms with Gasteiger partial charge in [0.1, 0.15) is 5.03 Å². The lowest BCUT2D eigenvalue weighted by atomic mass is 10.1. The molecule has 0 aromatic carbocycles. The monoisotopic (exact) mass is 462 g/mol. The van der Waals surface area contributed by atoms with Gasteiger partial charge in [-0.05, 0) is 45.8 Å². The predicted octanol–water partition coefficient (Wildman–Crippen LogP) is 5.17. The van der Waals surface area contributed by atoms with Gasteiger partial charge in [0.2, 0.25) is 0 Å². The maximum Gasteiger partial charge on any atom is 0.253 e. The third-order valence-corrected chi connectivity index (χ3v) is 6.61. The van der Waals surface area contributed by atoms with Gasteiger partial charge in [-0.15, -0.1) is 0 Å². The molecule has 9 nitrogen and oxygen atoms in total. The van der Waals surface area contributed by atoms with Gasteiger partial charge in [0, 0.05) is 19.0 Å². The van der Waals surface area contributed by atoms with Crippen molar-refractivity contribution in [1.29, 1.82) is 0 Å². The van der Waals surface area contributed by atoms with Gasteiger partial charge in [-0.3, -0.25) is 14.8 Å². The second-order valence-corrected chi connectivity index (χ2v) is 8.91. The summed E-state index contributed by atoms with van der Waals surface area (Å²) >= 11 is 0. The molecule has 0 aliphatic carbocycles. The molecular formula is C19H30N2O7S2. The van der Waals surface area contributed by atoms with Gasteiger partial charge in [-0.25, -0.2) is 10.2 Å². The molecule has 0 saturated carbocycles. The van der Waals surface area contributed by atoms with Crippen LogP contribution in [0.4, 0.5) is 0 Å². The van der Waals surface area contributed by atoms with Crippen molar-refractivity contribution in [3.05, 3.63) is 24.4 Å². The van der Waals surface area contributed by atoms with Crippen molar-refractivity contribution >= 4 is 33.4 Å². The molecule has 0 spiro atoms. The number of hydroxylamine groups is 2. The molecule has 1 saturated heterocycles. The van der Waals surface area contributed by atoms with Crippen LogP contribution in [0.15, 0.2) is 29.4 Å². The third kappa shape index (κ3) is 12.5. The molecule has 2 N–H and O–H groups in total. The molecule has 170 valence electrons. The summed E-state index contributed by atoms with van der Waals surface area (Å²) in [6.07, 6.45) is 11.6. The molecule has 0 radical (unpaired) electrons. The fourth-order valence-electron chi connectivity index (χ4n) is 2.51. The van der Waals surface area contributed by atoms with Crippen molar-refractivity contribution in [2.45, 2.75) is 81.6 Å². The minimum Gasteiger partial charge on any atom is -0.279 e. The highest BCUT2D eigenvalue weighted by Crippen LogP contribution is 2.35. The van der Waals surface area contributed by atoms with Crippen LogP contribution in [-0.2, 0) is 24.6 Å². The van der Waals surface area contributed by atoms with Crippen LogP contribution in [0.5, 0.6) is 0 Å². The van der Waals surface area contributed by atoms with Crippen molar-refractivity contribution in [3.8, 4) is 0 Å². The minimum atomic E-state index is -0.505.